The van der Waals surface area contributed by atoms with Gasteiger partial charge in [-0.25, -0.2) is 9.97 Å². The molecule has 0 amide bonds. The summed E-state index contributed by atoms with van der Waals surface area (Å²) in [5.74, 6) is 1.89. The van der Waals surface area contributed by atoms with Crippen LogP contribution in [0.4, 0.5) is 11.4 Å². The molecule has 0 radical (unpaired) electrons. The Morgan fingerprint density at radius 1 is 0.339 bits per heavy atom. The summed E-state index contributed by atoms with van der Waals surface area (Å²) in [6, 6.07) is 69.5. The third kappa shape index (κ3) is 5.64. The van der Waals surface area contributed by atoms with E-state index in [0.717, 1.165) is 76.0 Å². The molecule has 0 N–H and O–H groups in total. The minimum absolute atomic E-state index is 0.877. The first kappa shape index (κ1) is 33.4. The molecular weight excluding hydrogens is 721 g/mol. The van der Waals surface area contributed by atoms with Gasteiger partial charge in [0, 0.05) is 47.0 Å². The van der Waals surface area contributed by atoms with E-state index in [1.807, 2.05) is 0 Å². The van der Waals surface area contributed by atoms with Gasteiger partial charge in [-0.2, -0.15) is 0 Å². The van der Waals surface area contributed by atoms with E-state index in [9.17, 15) is 0 Å². The molecule has 2 aliphatic heterocycles. The molecule has 0 spiro atoms. The highest BCUT2D eigenvalue weighted by Crippen LogP contribution is 2.41. The monoisotopic (exact) mass is 758 g/mol. The van der Waals surface area contributed by atoms with Crippen molar-refractivity contribution < 1.29 is 0 Å². The van der Waals surface area contributed by atoms with Crippen LogP contribution in [-0.4, -0.2) is 25.8 Å². The molecule has 6 heteroatoms. The predicted octanol–water partition coefficient (Wildman–Crippen LogP) is 12.3. The zero-order valence-electron chi connectivity index (χ0n) is 32.3. The van der Waals surface area contributed by atoms with Crippen LogP contribution in [0.5, 0.6) is 0 Å². The fourth-order valence-corrected chi connectivity index (χ4v) is 9.18. The maximum Gasteiger partial charge on any atom is 0.145 e. The fourth-order valence-electron chi connectivity index (χ4n) is 9.18. The lowest BCUT2D eigenvalue weighted by Crippen LogP contribution is -2.46. The van der Waals surface area contributed by atoms with E-state index in [4.69, 9.17) is 9.97 Å². The molecule has 59 heavy (non-hydrogen) atoms. The lowest BCUT2D eigenvalue weighted by Gasteiger charge is -2.45. The molecule has 0 unspecified atom stereocenters. The largest absolute Gasteiger partial charge is 0.349 e. The van der Waals surface area contributed by atoms with Crippen LogP contribution in [0, 0.1) is 0 Å². The third-order valence-corrected chi connectivity index (χ3v) is 12.0. The minimum Gasteiger partial charge on any atom is -0.349 e. The van der Waals surface area contributed by atoms with Gasteiger partial charge >= 0.3 is 0 Å². The Labute approximate surface area is 342 Å². The standard InChI is InChI=1S/C53H38N6/c1-3-11-44(12-4-1)58-50-17-9-7-15-46(50)54-52(58)38-23-19-36(20-24-38)40-27-29-48-42(31-40)33-56-35-57(48)34-43-32-41(28-30-49(43)56)37-21-25-39(26-22-37)53-55-47-16-8-10-18-51(47)59(53)45-13-5-2-6-14-45/h1-32H,33-35H2. The van der Waals surface area contributed by atoms with Crippen LogP contribution < -0.4 is 9.80 Å². The number of imidazole rings is 2. The number of hydrogen-bond acceptors (Lipinski definition) is 4. The van der Waals surface area contributed by atoms with Gasteiger partial charge in [-0.15, -0.1) is 0 Å². The maximum absolute atomic E-state index is 5.08. The molecule has 10 aromatic rings. The minimum atomic E-state index is 0.877. The first-order chi connectivity index (χ1) is 29.2. The van der Waals surface area contributed by atoms with Crippen LogP contribution in [0.15, 0.2) is 194 Å². The predicted molar refractivity (Wildman–Crippen MR) is 241 cm³/mol. The van der Waals surface area contributed by atoms with Crippen LogP contribution in [0.2, 0.25) is 0 Å². The first-order valence-electron chi connectivity index (χ1n) is 20.3. The Morgan fingerprint density at radius 2 is 0.712 bits per heavy atom. The normalized spacial score (nSPS) is 13.2. The van der Waals surface area contributed by atoms with Crippen LogP contribution in [0.1, 0.15) is 11.1 Å². The van der Waals surface area contributed by atoms with Crippen molar-refractivity contribution in [2.75, 3.05) is 16.5 Å². The molecule has 2 aromatic heterocycles. The molecule has 2 bridgehead atoms. The van der Waals surface area contributed by atoms with Crippen LogP contribution in [0.25, 0.3) is 78.5 Å². The van der Waals surface area contributed by atoms with Crippen LogP contribution >= 0.6 is 0 Å². The molecule has 2 aliphatic rings. The zero-order chi connectivity index (χ0) is 38.9. The second kappa shape index (κ2) is 13.5. The van der Waals surface area contributed by atoms with Crippen LogP contribution in [0.3, 0.4) is 0 Å². The second-order valence-corrected chi connectivity index (χ2v) is 15.6. The number of aromatic nitrogens is 4. The summed E-state index contributed by atoms with van der Waals surface area (Å²) in [4.78, 5) is 15.2. The van der Waals surface area contributed by atoms with Gasteiger partial charge in [0.25, 0.3) is 0 Å². The molecule has 6 nitrogen and oxygen atoms in total. The van der Waals surface area contributed by atoms with Gasteiger partial charge in [0.2, 0.25) is 0 Å². The number of anilines is 2. The smallest absolute Gasteiger partial charge is 0.145 e. The van der Waals surface area contributed by atoms with Crippen molar-refractivity contribution in [3.05, 3.63) is 205 Å². The summed E-state index contributed by atoms with van der Waals surface area (Å²) in [6.45, 7) is 2.65. The highest BCUT2D eigenvalue weighted by Gasteiger charge is 2.30. The van der Waals surface area contributed by atoms with Crippen molar-refractivity contribution in [3.63, 3.8) is 0 Å². The number of fused-ring (bicyclic) bond motifs is 8. The Balaban J connectivity index is 0.807. The molecule has 280 valence electrons. The third-order valence-electron chi connectivity index (χ3n) is 12.0. The summed E-state index contributed by atoms with van der Waals surface area (Å²) in [7, 11) is 0. The van der Waals surface area contributed by atoms with E-state index in [2.05, 4.69) is 213 Å². The van der Waals surface area contributed by atoms with E-state index in [-0.39, 0.29) is 0 Å². The van der Waals surface area contributed by atoms with Gasteiger partial charge in [-0.1, -0.05) is 121 Å². The Kier molecular flexibility index (Phi) is 7.63. The van der Waals surface area contributed by atoms with Gasteiger partial charge in [-0.05, 0) is 106 Å². The van der Waals surface area contributed by atoms with Crippen molar-refractivity contribution in [1.82, 2.24) is 19.1 Å². The van der Waals surface area contributed by atoms with E-state index in [1.165, 1.54) is 44.8 Å². The summed E-state index contributed by atoms with van der Waals surface area (Å²) in [5.41, 5.74) is 18.8. The number of para-hydroxylation sites is 6. The van der Waals surface area contributed by atoms with Crippen molar-refractivity contribution in [2.45, 2.75) is 13.1 Å². The molecule has 8 aromatic carbocycles. The molecule has 0 saturated carbocycles. The number of hydrogen-bond donors (Lipinski definition) is 0. The highest BCUT2D eigenvalue weighted by molar-refractivity contribution is 5.85. The first-order valence-corrected chi connectivity index (χ1v) is 20.3. The lowest BCUT2D eigenvalue weighted by atomic mass is 9.95. The van der Waals surface area contributed by atoms with Gasteiger partial charge in [0.05, 0.1) is 28.7 Å². The van der Waals surface area contributed by atoms with Crippen molar-refractivity contribution >= 4 is 33.4 Å². The van der Waals surface area contributed by atoms with Crippen molar-refractivity contribution in [2.24, 2.45) is 0 Å². The van der Waals surface area contributed by atoms with Crippen LogP contribution in [-0.2, 0) is 13.1 Å². The lowest BCUT2D eigenvalue weighted by molar-refractivity contribution is 0.651. The van der Waals surface area contributed by atoms with E-state index < -0.39 is 0 Å². The summed E-state index contributed by atoms with van der Waals surface area (Å²) < 4.78 is 4.51. The molecule has 4 heterocycles. The summed E-state index contributed by atoms with van der Waals surface area (Å²) in [5, 5.41) is 0. The van der Waals surface area contributed by atoms with Crippen molar-refractivity contribution in [3.8, 4) is 56.4 Å². The Hall–Kier alpha value is -7.70. The van der Waals surface area contributed by atoms with E-state index in [1.54, 1.807) is 0 Å². The average Bonchev–Trinajstić information content (AvgIpc) is 3.89. The average molecular weight is 759 g/mol. The topological polar surface area (TPSA) is 42.1 Å². The van der Waals surface area contributed by atoms with Crippen molar-refractivity contribution in [1.29, 1.82) is 0 Å². The Morgan fingerprint density at radius 3 is 1.15 bits per heavy atom. The molecule has 0 atom stereocenters. The fraction of sp³-hybridized carbons (Fsp3) is 0.0566. The SMILES string of the molecule is c1ccc(-n2c(-c3ccc(-c4ccc5c(c4)CN4CN5Cc5cc(-c6ccc(-c7nc8ccccc8n7-c7ccccc7)cc6)ccc54)cc3)nc3ccccc32)cc1. The molecule has 12 rings (SSSR count). The number of benzene rings is 8. The maximum atomic E-state index is 5.08. The van der Waals surface area contributed by atoms with Gasteiger partial charge < -0.3 is 9.80 Å². The van der Waals surface area contributed by atoms with Gasteiger partial charge in [-0.3, -0.25) is 9.13 Å². The molecule has 0 fully saturated rings. The van der Waals surface area contributed by atoms with Gasteiger partial charge in [0.15, 0.2) is 0 Å². The Bertz CT molecular complexity index is 2960. The number of rotatable bonds is 6. The van der Waals surface area contributed by atoms with E-state index in [0.29, 0.717) is 0 Å². The quantitative estimate of drug-likeness (QED) is 0.169. The zero-order valence-corrected chi connectivity index (χ0v) is 32.3. The summed E-state index contributed by atoms with van der Waals surface area (Å²) in [6.07, 6.45) is 0. The molecule has 0 aliphatic carbocycles. The highest BCUT2D eigenvalue weighted by atomic mass is 15.4. The molecule has 0 saturated heterocycles. The van der Waals surface area contributed by atoms with Gasteiger partial charge in [0.1, 0.15) is 11.6 Å². The number of nitrogens with zero attached hydrogens (tertiary/aromatic N) is 6. The molecular formula is C53H38N6. The second-order valence-electron chi connectivity index (χ2n) is 15.6. The van der Waals surface area contributed by atoms with E-state index >= 15 is 0 Å². The summed E-state index contributed by atoms with van der Waals surface area (Å²) >= 11 is 0.